The number of aromatic nitrogens is 6. The highest BCUT2D eigenvalue weighted by Crippen LogP contribution is 2.17. The maximum atomic E-state index is 12.4. The number of carbonyl (C=O) groups is 2. The second kappa shape index (κ2) is 9.00. The zero-order valence-electron chi connectivity index (χ0n) is 17.3. The van der Waals surface area contributed by atoms with E-state index < -0.39 is 11.8 Å². The monoisotopic (exact) mass is 429 g/mol. The summed E-state index contributed by atoms with van der Waals surface area (Å²) in [6, 6.07) is 12.3. The average molecular weight is 429 g/mol. The van der Waals surface area contributed by atoms with Gasteiger partial charge >= 0.3 is 11.8 Å². The lowest BCUT2D eigenvalue weighted by Gasteiger charge is -2.10. The molecule has 0 aliphatic rings. The second-order valence-electron chi connectivity index (χ2n) is 6.76. The van der Waals surface area contributed by atoms with Crippen molar-refractivity contribution in [1.82, 2.24) is 35.1 Å². The largest absolute Gasteiger partial charge is 0.328 e. The molecule has 0 spiro atoms. The van der Waals surface area contributed by atoms with Crippen LogP contribution in [0, 0.1) is 13.8 Å². The third-order valence-electron chi connectivity index (χ3n) is 4.26. The molecule has 32 heavy (non-hydrogen) atoms. The van der Waals surface area contributed by atoms with Crippen LogP contribution in [0.2, 0.25) is 0 Å². The molecule has 11 nitrogen and oxygen atoms in total. The number of hydrogen-bond acceptors (Lipinski definition) is 8. The Kier molecular flexibility index (Phi) is 5.79. The molecular weight excluding hydrogens is 410 g/mol. The van der Waals surface area contributed by atoms with Gasteiger partial charge in [-0.2, -0.15) is 9.78 Å². The third kappa shape index (κ3) is 4.73. The summed E-state index contributed by atoms with van der Waals surface area (Å²) >= 11 is 0. The van der Waals surface area contributed by atoms with Crippen molar-refractivity contribution in [1.29, 1.82) is 0 Å². The minimum Gasteiger partial charge on any atom is -0.302 e. The molecule has 0 fully saturated rings. The van der Waals surface area contributed by atoms with Gasteiger partial charge in [0.05, 0.1) is 11.9 Å². The highest BCUT2D eigenvalue weighted by atomic mass is 16.2. The molecule has 0 unspecified atom stereocenters. The van der Waals surface area contributed by atoms with Gasteiger partial charge in [-0.1, -0.05) is 6.07 Å². The van der Waals surface area contributed by atoms with Crippen LogP contribution in [0.4, 0.5) is 11.6 Å². The van der Waals surface area contributed by atoms with Gasteiger partial charge in [-0.3, -0.25) is 25.4 Å². The highest BCUT2D eigenvalue weighted by molar-refractivity contribution is 6.39. The summed E-state index contributed by atoms with van der Waals surface area (Å²) in [5, 5.41) is 6.63. The van der Waals surface area contributed by atoms with Crippen molar-refractivity contribution in [3.05, 3.63) is 72.4 Å². The van der Waals surface area contributed by atoms with Crippen LogP contribution in [0.25, 0.3) is 17.2 Å². The molecule has 0 aliphatic heterocycles. The van der Waals surface area contributed by atoms with Gasteiger partial charge in [0.25, 0.3) is 5.95 Å². The van der Waals surface area contributed by atoms with E-state index in [1.54, 1.807) is 36.7 Å². The lowest BCUT2D eigenvalue weighted by atomic mass is 10.2. The fourth-order valence-corrected chi connectivity index (χ4v) is 2.89. The Morgan fingerprint density at radius 1 is 0.906 bits per heavy atom. The van der Waals surface area contributed by atoms with Gasteiger partial charge in [0.1, 0.15) is 11.6 Å². The summed E-state index contributed by atoms with van der Waals surface area (Å²) in [6.07, 6.45) is 4.82. The smallest absolute Gasteiger partial charge is 0.302 e. The van der Waals surface area contributed by atoms with Crippen molar-refractivity contribution >= 4 is 23.5 Å². The molecule has 0 saturated heterocycles. The number of anilines is 2. The molecule has 0 atom stereocenters. The lowest BCUT2D eigenvalue weighted by Crippen LogP contribution is -2.39. The quantitative estimate of drug-likeness (QED) is 0.322. The Balaban J connectivity index is 1.41. The average Bonchev–Trinajstić information content (AvgIpc) is 3.25. The van der Waals surface area contributed by atoms with E-state index in [9.17, 15) is 9.59 Å². The van der Waals surface area contributed by atoms with Crippen LogP contribution in [-0.4, -0.2) is 41.5 Å². The number of amides is 2. The van der Waals surface area contributed by atoms with E-state index in [0.29, 0.717) is 11.5 Å². The summed E-state index contributed by atoms with van der Waals surface area (Å²) in [7, 11) is 0. The first-order valence-corrected chi connectivity index (χ1v) is 9.61. The molecule has 4 rings (SSSR count). The van der Waals surface area contributed by atoms with Gasteiger partial charge in [0, 0.05) is 35.4 Å². The minimum absolute atomic E-state index is 0.256. The molecule has 0 aromatic carbocycles. The number of carbonyl (C=O) groups excluding carboxylic acids is 2. The van der Waals surface area contributed by atoms with Crippen molar-refractivity contribution in [2.75, 3.05) is 10.7 Å². The maximum Gasteiger partial charge on any atom is 0.328 e. The lowest BCUT2D eigenvalue weighted by molar-refractivity contribution is -0.135. The van der Waals surface area contributed by atoms with Crippen molar-refractivity contribution in [2.45, 2.75) is 13.8 Å². The first kappa shape index (κ1) is 20.6. The van der Waals surface area contributed by atoms with Gasteiger partial charge in [-0.15, -0.1) is 0 Å². The fraction of sp³-hybridized carbons (Fsp3) is 0.0952. The van der Waals surface area contributed by atoms with Crippen LogP contribution >= 0.6 is 0 Å². The molecular formula is C21H19N9O2. The molecule has 2 amide bonds. The van der Waals surface area contributed by atoms with Gasteiger partial charge in [-0.25, -0.2) is 15.0 Å². The first-order chi connectivity index (χ1) is 15.5. The number of hydrazine groups is 1. The van der Waals surface area contributed by atoms with Crippen molar-refractivity contribution in [3.63, 3.8) is 0 Å². The molecule has 3 N–H and O–H groups in total. The standard InChI is InChI=1S/C21H19N9O2/c1-13-11-14(2)25-21(24-13)30-18(8-10-23-30)27-19(31)20(32)29-28-17-7-3-6-16(26-17)15-5-4-9-22-12-15/h3-12H,1-2H3,(H,26,28)(H,27,31)(H,29,32). The Bertz CT molecular complexity index is 1250. The van der Waals surface area contributed by atoms with E-state index in [-0.39, 0.29) is 11.8 Å². The van der Waals surface area contributed by atoms with E-state index >= 15 is 0 Å². The Morgan fingerprint density at radius 2 is 1.72 bits per heavy atom. The van der Waals surface area contributed by atoms with Crippen LogP contribution < -0.4 is 16.2 Å². The summed E-state index contributed by atoms with van der Waals surface area (Å²) in [5.74, 6) is -0.898. The van der Waals surface area contributed by atoms with Gasteiger partial charge in [0.2, 0.25) is 0 Å². The van der Waals surface area contributed by atoms with Crippen LogP contribution in [0.3, 0.4) is 0 Å². The van der Waals surface area contributed by atoms with E-state index in [1.165, 1.54) is 10.9 Å². The molecule has 4 heterocycles. The van der Waals surface area contributed by atoms with Crippen molar-refractivity contribution < 1.29 is 9.59 Å². The predicted octanol–water partition coefficient (Wildman–Crippen LogP) is 1.82. The zero-order chi connectivity index (χ0) is 22.5. The van der Waals surface area contributed by atoms with Gasteiger partial charge < -0.3 is 5.32 Å². The zero-order valence-corrected chi connectivity index (χ0v) is 17.3. The van der Waals surface area contributed by atoms with E-state index in [1.807, 2.05) is 32.0 Å². The van der Waals surface area contributed by atoms with Crippen LogP contribution in [0.15, 0.2) is 61.1 Å². The molecule has 0 bridgehead atoms. The summed E-state index contributed by atoms with van der Waals surface area (Å²) in [5.41, 5.74) is 7.96. The Morgan fingerprint density at radius 3 is 2.47 bits per heavy atom. The fourth-order valence-electron chi connectivity index (χ4n) is 2.89. The molecule has 0 radical (unpaired) electrons. The number of nitrogens with zero attached hydrogens (tertiary/aromatic N) is 6. The van der Waals surface area contributed by atoms with E-state index in [4.69, 9.17) is 0 Å². The van der Waals surface area contributed by atoms with Gasteiger partial charge in [-0.05, 0) is 44.2 Å². The van der Waals surface area contributed by atoms with E-state index in [2.05, 4.69) is 41.2 Å². The summed E-state index contributed by atoms with van der Waals surface area (Å²) < 4.78 is 1.34. The number of hydrogen-bond donors (Lipinski definition) is 3. The summed E-state index contributed by atoms with van der Waals surface area (Å²) in [6.45, 7) is 3.66. The molecule has 4 aromatic rings. The Labute approximate surface area is 182 Å². The number of rotatable bonds is 5. The predicted molar refractivity (Wildman–Crippen MR) is 116 cm³/mol. The second-order valence-corrected chi connectivity index (χ2v) is 6.76. The number of aryl methyl sites for hydroxylation is 2. The number of nitrogens with one attached hydrogen (secondary N) is 3. The minimum atomic E-state index is -0.910. The number of pyridine rings is 2. The highest BCUT2D eigenvalue weighted by Gasteiger charge is 2.17. The maximum absolute atomic E-state index is 12.4. The van der Waals surface area contributed by atoms with Crippen LogP contribution in [-0.2, 0) is 9.59 Å². The van der Waals surface area contributed by atoms with Gasteiger partial charge in [0.15, 0.2) is 0 Å². The molecule has 160 valence electrons. The van der Waals surface area contributed by atoms with E-state index in [0.717, 1.165) is 17.0 Å². The molecule has 11 heteroatoms. The topological polar surface area (TPSA) is 140 Å². The van der Waals surface area contributed by atoms with Crippen molar-refractivity contribution in [2.24, 2.45) is 0 Å². The summed E-state index contributed by atoms with van der Waals surface area (Å²) in [4.78, 5) is 41.7. The molecule has 0 saturated carbocycles. The van der Waals surface area contributed by atoms with Crippen LogP contribution in [0.5, 0.6) is 0 Å². The Hall–Kier alpha value is -4.67. The van der Waals surface area contributed by atoms with Crippen molar-refractivity contribution in [3.8, 4) is 17.2 Å². The SMILES string of the molecule is Cc1cc(C)nc(-n2nccc2NC(=O)C(=O)NNc2cccc(-c3cccnc3)n2)n1. The molecule has 4 aromatic heterocycles. The molecule has 0 aliphatic carbocycles. The third-order valence-corrected chi connectivity index (χ3v) is 4.26. The first-order valence-electron chi connectivity index (χ1n) is 9.61. The normalized spacial score (nSPS) is 10.4. The van der Waals surface area contributed by atoms with Crippen LogP contribution in [0.1, 0.15) is 11.4 Å².